The molecule has 1 aromatic rings. The van der Waals surface area contributed by atoms with Gasteiger partial charge in [0.2, 0.25) is 0 Å². The van der Waals surface area contributed by atoms with Crippen LogP contribution in [0.25, 0.3) is 0 Å². The van der Waals surface area contributed by atoms with Crippen molar-refractivity contribution in [2.75, 3.05) is 20.8 Å². The molecule has 1 aliphatic heterocycles. The first kappa shape index (κ1) is 22.4. The highest BCUT2D eigenvalue weighted by Gasteiger charge is 2.45. The Balaban J connectivity index is 2.16. The Labute approximate surface area is 181 Å². The van der Waals surface area contributed by atoms with Crippen molar-refractivity contribution in [3.8, 4) is 5.75 Å². The van der Waals surface area contributed by atoms with Crippen LogP contribution in [0.4, 0.5) is 0 Å². The second-order valence-corrected chi connectivity index (χ2v) is 9.21. The molecule has 0 amide bonds. The summed E-state index contributed by atoms with van der Waals surface area (Å²) < 4.78 is 26.7. The molecule has 164 valence electrons. The number of ether oxygens (including phenoxy) is 4. The van der Waals surface area contributed by atoms with Gasteiger partial charge in [-0.25, -0.2) is 0 Å². The van der Waals surface area contributed by atoms with Crippen molar-refractivity contribution in [1.82, 2.24) is 0 Å². The number of likely N-dealkylation sites (N-methyl/N-ethyl adjacent to an activating group) is 1. The quantitative estimate of drug-likeness (QED) is 0.602. The molecule has 0 fully saturated rings. The average molecular weight is 415 g/mol. The SMILES string of the molecule is COC1(c2c(OC(C)C)cccc2C2=[N+](C)C(C)(C)CO2)C=CC(OC(C)C)=CC1. The van der Waals surface area contributed by atoms with Gasteiger partial charge in [-0.1, -0.05) is 6.07 Å². The third kappa shape index (κ3) is 4.27. The Bertz CT molecular complexity index is 879. The smallest absolute Gasteiger partial charge is 0.370 e. The predicted molar refractivity (Wildman–Crippen MR) is 119 cm³/mol. The molecular weight excluding hydrogens is 378 g/mol. The third-order valence-electron chi connectivity index (χ3n) is 5.68. The van der Waals surface area contributed by atoms with Gasteiger partial charge in [-0.2, -0.15) is 4.58 Å². The van der Waals surface area contributed by atoms with Crippen molar-refractivity contribution in [1.29, 1.82) is 0 Å². The largest absolute Gasteiger partial charge is 0.491 e. The fourth-order valence-electron chi connectivity index (χ4n) is 3.87. The zero-order valence-corrected chi connectivity index (χ0v) is 19.6. The van der Waals surface area contributed by atoms with E-state index in [-0.39, 0.29) is 17.7 Å². The summed E-state index contributed by atoms with van der Waals surface area (Å²) in [6.07, 6.45) is 6.98. The number of hydrogen-bond donors (Lipinski definition) is 0. The van der Waals surface area contributed by atoms with Gasteiger partial charge in [0.05, 0.1) is 17.8 Å². The van der Waals surface area contributed by atoms with Crippen LogP contribution >= 0.6 is 0 Å². The molecule has 0 aromatic heterocycles. The summed E-state index contributed by atoms with van der Waals surface area (Å²) in [7, 11) is 3.82. The molecule has 1 aromatic carbocycles. The van der Waals surface area contributed by atoms with Crippen LogP contribution < -0.4 is 4.74 Å². The summed E-state index contributed by atoms with van der Waals surface area (Å²) in [5.41, 5.74) is 1.22. The average Bonchev–Trinajstić information content (AvgIpc) is 2.95. The van der Waals surface area contributed by atoms with E-state index in [2.05, 4.69) is 43.7 Å². The van der Waals surface area contributed by atoms with Crippen molar-refractivity contribution in [3.05, 3.63) is 53.3 Å². The maximum absolute atomic E-state index is 6.25. The van der Waals surface area contributed by atoms with E-state index in [1.54, 1.807) is 7.11 Å². The van der Waals surface area contributed by atoms with E-state index in [9.17, 15) is 0 Å². The van der Waals surface area contributed by atoms with Crippen LogP contribution in [0.1, 0.15) is 59.1 Å². The minimum atomic E-state index is -0.672. The molecule has 30 heavy (non-hydrogen) atoms. The first-order valence-corrected chi connectivity index (χ1v) is 10.7. The van der Waals surface area contributed by atoms with Gasteiger partial charge in [0.1, 0.15) is 24.2 Å². The van der Waals surface area contributed by atoms with Gasteiger partial charge in [0.15, 0.2) is 12.1 Å². The summed E-state index contributed by atoms with van der Waals surface area (Å²) in [6, 6.07) is 6.12. The van der Waals surface area contributed by atoms with Crippen LogP contribution in [-0.4, -0.2) is 49.0 Å². The van der Waals surface area contributed by atoms with Gasteiger partial charge in [-0.3, -0.25) is 0 Å². The van der Waals surface area contributed by atoms with Crippen molar-refractivity contribution >= 4 is 5.90 Å². The second-order valence-electron chi connectivity index (χ2n) is 9.21. The lowest BCUT2D eigenvalue weighted by Crippen LogP contribution is -2.35. The van der Waals surface area contributed by atoms with E-state index in [0.29, 0.717) is 13.0 Å². The van der Waals surface area contributed by atoms with Gasteiger partial charge in [0.25, 0.3) is 0 Å². The second kappa shape index (κ2) is 8.46. The molecule has 2 aliphatic rings. The topological polar surface area (TPSA) is 39.9 Å². The molecule has 0 bridgehead atoms. The number of allylic oxidation sites excluding steroid dienone is 1. The summed E-state index contributed by atoms with van der Waals surface area (Å²) in [5, 5.41) is 0. The summed E-state index contributed by atoms with van der Waals surface area (Å²) >= 11 is 0. The molecule has 0 saturated carbocycles. The molecule has 5 nitrogen and oxygen atoms in total. The van der Waals surface area contributed by atoms with Gasteiger partial charge < -0.3 is 18.9 Å². The number of benzene rings is 1. The van der Waals surface area contributed by atoms with Gasteiger partial charge >= 0.3 is 5.90 Å². The minimum Gasteiger partial charge on any atom is -0.491 e. The Morgan fingerprint density at radius 2 is 1.77 bits per heavy atom. The van der Waals surface area contributed by atoms with Crippen molar-refractivity contribution in [2.45, 2.75) is 71.3 Å². The lowest BCUT2D eigenvalue weighted by molar-refractivity contribution is -0.562. The van der Waals surface area contributed by atoms with E-state index in [4.69, 9.17) is 18.9 Å². The molecule has 0 spiro atoms. The van der Waals surface area contributed by atoms with E-state index in [0.717, 1.165) is 28.5 Å². The Kier molecular flexibility index (Phi) is 6.32. The third-order valence-corrected chi connectivity index (χ3v) is 5.68. The molecular formula is C25H36NO4+. The van der Waals surface area contributed by atoms with E-state index < -0.39 is 5.60 Å². The molecule has 0 saturated heterocycles. The fraction of sp³-hybridized carbons (Fsp3) is 0.560. The molecule has 1 unspecified atom stereocenters. The summed E-state index contributed by atoms with van der Waals surface area (Å²) in [6.45, 7) is 13.1. The van der Waals surface area contributed by atoms with Crippen LogP contribution in [0.15, 0.2) is 42.2 Å². The number of methoxy groups -OCH3 is 1. The van der Waals surface area contributed by atoms with E-state index >= 15 is 0 Å². The molecule has 5 heteroatoms. The summed E-state index contributed by atoms with van der Waals surface area (Å²) in [4.78, 5) is 0. The minimum absolute atomic E-state index is 0.0412. The van der Waals surface area contributed by atoms with Crippen LogP contribution in [0.5, 0.6) is 5.75 Å². The molecule has 1 heterocycles. The van der Waals surface area contributed by atoms with Gasteiger partial charge in [-0.15, -0.1) is 0 Å². The normalized spacial score (nSPS) is 23.1. The van der Waals surface area contributed by atoms with E-state index in [1.165, 1.54) is 0 Å². The fourth-order valence-corrected chi connectivity index (χ4v) is 3.87. The van der Waals surface area contributed by atoms with Crippen molar-refractivity contribution in [3.63, 3.8) is 0 Å². The lowest BCUT2D eigenvalue weighted by Gasteiger charge is -2.34. The van der Waals surface area contributed by atoms with Crippen molar-refractivity contribution in [2.24, 2.45) is 0 Å². The van der Waals surface area contributed by atoms with Gasteiger partial charge in [-0.05, 0) is 58.1 Å². The first-order valence-electron chi connectivity index (χ1n) is 10.7. The lowest BCUT2D eigenvalue weighted by atomic mass is 9.83. The first-order chi connectivity index (χ1) is 14.1. The van der Waals surface area contributed by atoms with Crippen molar-refractivity contribution < 1.29 is 23.5 Å². The highest BCUT2D eigenvalue weighted by molar-refractivity contribution is 5.94. The van der Waals surface area contributed by atoms with Crippen LogP contribution in [-0.2, 0) is 19.8 Å². The Morgan fingerprint density at radius 3 is 2.27 bits per heavy atom. The molecule has 3 rings (SSSR count). The highest BCUT2D eigenvalue weighted by Crippen LogP contribution is 2.43. The van der Waals surface area contributed by atoms with Crippen LogP contribution in [0, 0.1) is 0 Å². The highest BCUT2D eigenvalue weighted by atomic mass is 16.5. The zero-order chi connectivity index (χ0) is 22.1. The van der Waals surface area contributed by atoms with Crippen LogP contribution in [0.2, 0.25) is 0 Å². The molecule has 0 radical (unpaired) electrons. The Hall–Kier alpha value is -2.27. The summed E-state index contributed by atoms with van der Waals surface area (Å²) in [5.74, 6) is 2.52. The standard InChI is InChI=1S/C25H36NO4/c1-17(2)29-19-12-14-25(27-8,15-13-19)22-20(10-9-11-21(22)30-18(3)4)23-26(7)24(5,6)16-28-23/h9-14,17-18H,15-16H2,1-8H3/q+1. The zero-order valence-electron chi connectivity index (χ0n) is 19.6. The maximum atomic E-state index is 6.25. The monoisotopic (exact) mass is 414 g/mol. The van der Waals surface area contributed by atoms with Gasteiger partial charge in [0, 0.05) is 32.9 Å². The number of nitrogens with zero attached hydrogens (tertiary/aromatic N) is 1. The molecule has 1 atom stereocenters. The molecule has 0 N–H and O–H groups in total. The predicted octanol–water partition coefficient (Wildman–Crippen LogP) is 4.78. The van der Waals surface area contributed by atoms with E-state index in [1.807, 2.05) is 45.9 Å². The maximum Gasteiger partial charge on any atom is 0.370 e. The molecule has 1 aliphatic carbocycles. The van der Waals surface area contributed by atoms with Crippen LogP contribution in [0.3, 0.4) is 0 Å². The number of rotatable bonds is 7. The Morgan fingerprint density at radius 1 is 1.07 bits per heavy atom. The number of hydrogen-bond acceptors (Lipinski definition) is 4.